The Balaban J connectivity index is 2.05. The Morgan fingerprint density at radius 2 is 1.63 bits per heavy atom. The number of Topliss-reactive ketones (excluding diaryl/α,β-unsaturated/α-hetero) is 1. The molecule has 2 aliphatic heterocycles. The van der Waals surface area contributed by atoms with Crippen LogP contribution in [0.1, 0.15) is 58.9 Å². The molecule has 282 valence electrons. The number of carbonyl (C=O) groups is 7. The first-order valence-electron chi connectivity index (χ1n) is 16.5. The van der Waals surface area contributed by atoms with E-state index in [1.54, 1.807) is 0 Å². The van der Waals surface area contributed by atoms with Gasteiger partial charge in [0.15, 0.2) is 5.78 Å². The van der Waals surface area contributed by atoms with Crippen LogP contribution in [0.25, 0.3) is 0 Å². The summed E-state index contributed by atoms with van der Waals surface area (Å²) in [4.78, 5) is 94.1. The monoisotopic (exact) mass is 771 g/mol. The molecule has 2 aliphatic rings. The Morgan fingerprint density at radius 3 is 2.24 bits per heavy atom. The largest absolute Gasteiger partial charge is 0.506 e. The van der Waals surface area contributed by atoms with Crippen LogP contribution in [0.3, 0.4) is 0 Å². The molecule has 18 heteroatoms. The highest BCUT2D eigenvalue weighted by atomic mass is 35.5. The number of ether oxygens (including phenoxy) is 1. The number of halogens is 1. The number of fused-ring (bicyclic) bond motifs is 1. The van der Waals surface area contributed by atoms with Gasteiger partial charge in [-0.1, -0.05) is 60.0 Å². The number of aromatic hydroxyl groups is 1. The topological polar surface area (TPSA) is 221 Å². The van der Waals surface area contributed by atoms with Crippen molar-refractivity contribution in [2.24, 2.45) is 5.92 Å². The smallest absolute Gasteiger partial charge is 0.305 e. The highest BCUT2D eigenvalue weighted by molar-refractivity contribution is 8.77. The van der Waals surface area contributed by atoms with Crippen LogP contribution in [-0.2, 0) is 44.7 Å². The number of nitrogens with one attached hydrogen (secondary N) is 4. The Morgan fingerprint density at radius 1 is 1.00 bits per heavy atom. The quantitative estimate of drug-likeness (QED) is 0.207. The fourth-order valence-electron chi connectivity index (χ4n) is 5.67. The van der Waals surface area contributed by atoms with Crippen LogP contribution in [0.15, 0.2) is 18.2 Å². The maximum atomic E-state index is 13.9. The van der Waals surface area contributed by atoms with Gasteiger partial charge in [0.2, 0.25) is 29.5 Å². The van der Waals surface area contributed by atoms with Crippen LogP contribution in [0.4, 0.5) is 0 Å². The number of carboxylic acids is 1. The van der Waals surface area contributed by atoms with Crippen LogP contribution in [0.2, 0.25) is 5.02 Å². The van der Waals surface area contributed by atoms with E-state index >= 15 is 0 Å². The predicted molar refractivity (Wildman–Crippen MR) is 192 cm³/mol. The number of carbonyl (C=O) groups excluding carboxylic acids is 6. The minimum absolute atomic E-state index is 0.0172. The van der Waals surface area contributed by atoms with Crippen LogP contribution in [-0.4, -0.2) is 117 Å². The summed E-state index contributed by atoms with van der Waals surface area (Å²) in [7, 11) is 4.09. The first kappa shape index (κ1) is 41.9. The van der Waals surface area contributed by atoms with Crippen LogP contribution in [0, 0.1) is 5.92 Å². The van der Waals surface area contributed by atoms with Gasteiger partial charge in [-0.2, -0.15) is 0 Å². The van der Waals surface area contributed by atoms with Crippen molar-refractivity contribution in [3.63, 3.8) is 0 Å². The molecule has 3 rings (SSSR count). The second kappa shape index (κ2) is 19.3. The van der Waals surface area contributed by atoms with Crippen LogP contribution in [0.5, 0.6) is 5.75 Å². The summed E-state index contributed by atoms with van der Waals surface area (Å²) in [5.74, 6) is -5.47. The lowest BCUT2D eigenvalue weighted by molar-refractivity contribution is -0.142. The molecule has 51 heavy (non-hydrogen) atoms. The minimum atomic E-state index is -1.68. The van der Waals surface area contributed by atoms with E-state index in [9.17, 15) is 43.8 Å². The number of phenols is 1. The van der Waals surface area contributed by atoms with Crippen molar-refractivity contribution in [1.82, 2.24) is 26.2 Å². The van der Waals surface area contributed by atoms with Crippen LogP contribution < -0.4 is 21.3 Å². The summed E-state index contributed by atoms with van der Waals surface area (Å²) < 4.78 is 5.48. The molecule has 5 amide bonds. The van der Waals surface area contributed by atoms with E-state index in [4.69, 9.17) is 16.3 Å². The van der Waals surface area contributed by atoms with Crippen molar-refractivity contribution in [2.45, 2.75) is 101 Å². The molecule has 1 unspecified atom stereocenters. The molecule has 0 aliphatic carbocycles. The van der Waals surface area contributed by atoms with Gasteiger partial charge in [0, 0.05) is 43.9 Å². The normalized spacial score (nSPS) is 27.5. The Bertz CT molecular complexity index is 1480. The van der Waals surface area contributed by atoms with Gasteiger partial charge in [-0.3, -0.25) is 33.6 Å². The van der Waals surface area contributed by atoms with Crippen molar-refractivity contribution < 1.29 is 48.5 Å². The van der Waals surface area contributed by atoms with E-state index in [2.05, 4.69) is 21.3 Å². The lowest BCUT2D eigenvalue weighted by Gasteiger charge is -2.29. The van der Waals surface area contributed by atoms with Gasteiger partial charge in [0.25, 0.3) is 0 Å². The maximum Gasteiger partial charge on any atom is 0.305 e. The average Bonchev–Trinajstić information content (AvgIpc) is 3.49. The molecular weight excluding hydrogens is 726 g/mol. The Hall–Kier alpha value is -3.54. The Kier molecular flexibility index (Phi) is 15.9. The van der Waals surface area contributed by atoms with E-state index in [1.807, 2.05) is 20.8 Å². The number of carboxylic acid groups (broad SMARTS) is 1. The van der Waals surface area contributed by atoms with Crippen molar-refractivity contribution in [3.05, 3.63) is 28.8 Å². The third-order valence-corrected chi connectivity index (χ3v) is 11.6. The molecule has 0 spiro atoms. The second-order valence-corrected chi connectivity index (χ2v) is 16.4. The number of methoxy groups -OCH3 is 1. The molecule has 6 N–H and O–H groups in total. The highest BCUT2D eigenvalue weighted by Crippen LogP contribution is 2.31. The van der Waals surface area contributed by atoms with Gasteiger partial charge in [0.1, 0.15) is 29.9 Å². The number of hydrogen-bond donors (Lipinski definition) is 6. The molecular formula is C33H46ClN5O10S2. The maximum absolute atomic E-state index is 13.9. The lowest BCUT2D eigenvalue weighted by Crippen LogP contribution is -2.59. The highest BCUT2D eigenvalue weighted by Gasteiger charge is 2.41. The third kappa shape index (κ3) is 12.6. The molecule has 0 saturated carbocycles. The van der Waals surface area contributed by atoms with Gasteiger partial charge in [0.05, 0.1) is 23.6 Å². The van der Waals surface area contributed by atoms with E-state index in [0.717, 1.165) is 0 Å². The molecule has 0 bridgehead atoms. The van der Waals surface area contributed by atoms with Crippen molar-refractivity contribution in [2.75, 3.05) is 19.4 Å². The van der Waals surface area contributed by atoms with Gasteiger partial charge < -0.3 is 41.1 Å². The summed E-state index contributed by atoms with van der Waals surface area (Å²) >= 11 is 6.10. The van der Waals surface area contributed by atoms with Crippen LogP contribution >= 0.6 is 33.2 Å². The molecule has 0 radical (unpaired) electrons. The zero-order chi connectivity index (χ0) is 38.0. The van der Waals surface area contributed by atoms with E-state index in [-0.39, 0.29) is 71.6 Å². The third-order valence-electron chi connectivity index (χ3n) is 8.39. The lowest BCUT2D eigenvalue weighted by atomic mass is 10.0. The average molecular weight is 772 g/mol. The number of hydrogen-bond acceptors (Lipinski definition) is 11. The summed E-state index contributed by atoms with van der Waals surface area (Å²) in [6.45, 7) is 6.90. The van der Waals surface area contributed by atoms with Crippen molar-refractivity contribution in [1.29, 1.82) is 0 Å². The first-order valence-corrected chi connectivity index (χ1v) is 19.3. The minimum Gasteiger partial charge on any atom is -0.506 e. The fraction of sp³-hybridized carbons (Fsp3) is 0.606. The number of phenolic OH excluding ortho intramolecular Hbond substituents is 1. The van der Waals surface area contributed by atoms with Crippen molar-refractivity contribution >= 4 is 74.5 Å². The number of benzene rings is 1. The predicted octanol–water partition coefficient (Wildman–Crippen LogP) is 1.43. The number of ketones is 1. The van der Waals surface area contributed by atoms with Gasteiger partial charge in [-0.05, 0) is 37.0 Å². The molecule has 0 aromatic heterocycles. The number of nitrogens with zero attached hydrogens (tertiary/aromatic N) is 1. The molecule has 2 fully saturated rings. The molecule has 7 atom stereocenters. The van der Waals surface area contributed by atoms with Gasteiger partial charge in [-0.15, -0.1) is 0 Å². The standard InChI is InChI=1S/C33H46ClN5O10S2/c1-16(2)8-22-30(45)38-25(18(4)40)15-50-51-17(3)9-28(42)39-14-20(49-5)12-26(39)33(48)37-23(11-19-6-7-27(41)21(34)10-19)31(46)36-24(13-29(43)44)32(47)35-22/h6-7,10,16-17,20,22-26,41H,8-9,11-15H2,1-5H3,(H,35,47)(H,36,46)(H,37,48)(H,38,45)(H,43,44)/t17?,20-,22+,23+,24+,25+,26+/m1/s1. The summed E-state index contributed by atoms with van der Waals surface area (Å²) in [6, 6.07) is -2.01. The summed E-state index contributed by atoms with van der Waals surface area (Å²) in [5.41, 5.74) is 0.415. The zero-order valence-electron chi connectivity index (χ0n) is 29.1. The number of aliphatic carboxylic acids is 1. The molecule has 1 aromatic rings. The molecule has 2 saturated heterocycles. The fourth-order valence-corrected chi connectivity index (χ4v) is 8.39. The van der Waals surface area contributed by atoms with Gasteiger partial charge >= 0.3 is 5.97 Å². The molecule has 2 heterocycles. The SMILES string of the molecule is CO[C@@H]1C[C@H]2C(=O)N[C@@H](Cc3ccc(O)c(Cl)c3)C(=O)N[C@@H](CC(=O)O)C(=O)N[C@@H](CC(C)C)C(=O)N[C@H](C(C)=O)CSSC(C)CC(=O)N2C1. The summed E-state index contributed by atoms with van der Waals surface area (Å²) in [6.07, 6.45) is -1.19. The summed E-state index contributed by atoms with van der Waals surface area (Å²) in [5, 5.41) is 29.6. The van der Waals surface area contributed by atoms with E-state index in [1.165, 1.54) is 58.7 Å². The molecule has 1 aromatic carbocycles. The van der Waals surface area contributed by atoms with E-state index in [0.29, 0.717) is 5.56 Å². The second-order valence-electron chi connectivity index (χ2n) is 13.1. The zero-order valence-corrected chi connectivity index (χ0v) is 31.5. The number of amides is 5. The first-order chi connectivity index (χ1) is 24.0. The van der Waals surface area contributed by atoms with E-state index < -0.39 is 72.3 Å². The number of rotatable bonds is 8. The molecule has 15 nitrogen and oxygen atoms in total. The van der Waals surface area contributed by atoms with Crippen molar-refractivity contribution in [3.8, 4) is 5.75 Å². The van der Waals surface area contributed by atoms with Gasteiger partial charge in [-0.25, -0.2) is 0 Å². The Labute approximate surface area is 309 Å².